The first-order valence-electron chi connectivity index (χ1n) is 9.49. The number of para-hydroxylation sites is 1. The van der Waals surface area contributed by atoms with Crippen molar-refractivity contribution in [2.45, 2.75) is 5.41 Å². The summed E-state index contributed by atoms with van der Waals surface area (Å²) in [6.07, 6.45) is 5.92. The van der Waals surface area contributed by atoms with Crippen molar-refractivity contribution in [1.82, 2.24) is 9.97 Å². The number of rotatable bonds is 4. The molecule has 28 heavy (non-hydrogen) atoms. The summed E-state index contributed by atoms with van der Waals surface area (Å²) in [5.41, 5.74) is 5.61. The van der Waals surface area contributed by atoms with E-state index >= 15 is 0 Å². The third-order valence-electron chi connectivity index (χ3n) is 5.52. The highest BCUT2D eigenvalue weighted by atomic mass is 14.7. The van der Waals surface area contributed by atoms with Crippen LogP contribution in [0.3, 0.4) is 0 Å². The lowest BCUT2D eigenvalue weighted by atomic mass is 9.65. The maximum absolute atomic E-state index is 4.28. The third kappa shape index (κ3) is 2.46. The molecule has 0 fully saturated rings. The molecule has 0 unspecified atom stereocenters. The van der Waals surface area contributed by atoms with E-state index in [0.717, 1.165) is 5.52 Å². The van der Waals surface area contributed by atoms with Gasteiger partial charge in [-0.05, 0) is 40.5 Å². The summed E-state index contributed by atoms with van der Waals surface area (Å²) in [4.78, 5) is 7.77. The van der Waals surface area contributed by atoms with Gasteiger partial charge >= 0.3 is 0 Å². The van der Waals surface area contributed by atoms with E-state index < -0.39 is 5.41 Å². The van der Waals surface area contributed by atoms with Crippen molar-refractivity contribution < 1.29 is 0 Å². The van der Waals surface area contributed by atoms with Gasteiger partial charge in [-0.1, -0.05) is 78.9 Å². The molecule has 0 saturated carbocycles. The van der Waals surface area contributed by atoms with Crippen LogP contribution in [0.4, 0.5) is 0 Å². The van der Waals surface area contributed by atoms with Crippen LogP contribution in [-0.4, -0.2) is 9.97 Å². The summed E-state index contributed by atoms with van der Waals surface area (Å²) in [6, 6.07) is 34.2. The number of hydrogen-bond donors (Lipinski definition) is 1. The Balaban J connectivity index is 1.96. The lowest BCUT2D eigenvalue weighted by molar-refractivity contribution is 0.750. The highest BCUT2D eigenvalue weighted by Gasteiger charge is 2.39. The Morgan fingerprint density at radius 1 is 0.571 bits per heavy atom. The summed E-state index contributed by atoms with van der Waals surface area (Å²) in [5, 5.41) is 1.23. The van der Waals surface area contributed by atoms with E-state index in [1.165, 1.54) is 27.6 Å². The van der Waals surface area contributed by atoms with Crippen molar-refractivity contribution in [3.63, 3.8) is 0 Å². The SMILES string of the molecule is c1ccc(C(c2ccccc2)(c2ccncc2)c2c[nH]c3ccccc23)cc1. The fourth-order valence-corrected chi connectivity index (χ4v) is 4.33. The Labute approximate surface area is 164 Å². The molecule has 134 valence electrons. The molecule has 0 saturated heterocycles. The van der Waals surface area contributed by atoms with Gasteiger partial charge in [0.05, 0.1) is 5.41 Å². The molecule has 0 spiro atoms. The molecule has 0 amide bonds. The van der Waals surface area contributed by atoms with Crippen LogP contribution in [0.15, 0.2) is 116 Å². The Kier molecular flexibility index (Phi) is 4.02. The van der Waals surface area contributed by atoms with Gasteiger partial charge in [0.15, 0.2) is 0 Å². The molecule has 5 rings (SSSR count). The van der Waals surface area contributed by atoms with Crippen LogP contribution < -0.4 is 0 Å². The van der Waals surface area contributed by atoms with Crippen LogP contribution in [0.5, 0.6) is 0 Å². The minimum atomic E-state index is -0.439. The van der Waals surface area contributed by atoms with Gasteiger partial charge < -0.3 is 4.98 Å². The van der Waals surface area contributed by atoms with E-state index in [2.05, 4.69) is 113 Å². The quantitative estimate of drug-likeness (QED) is 0.422. The van der Waals surface area contributed by atoms with Crippen LogP contribution >= 0.6 is 0 Å². The van der Waals surface area contributed by atoms with E-state index in [1.807, 2.05) is 12.4 Å². The highest BCUT2D eigenvalue weighted by molar-refractivity contribution is 5.87. The molecule has 0 aliphatic heterocycles. The normalized spacial score (nSPS) is 11.6. The van der Waals surface area contributed by atoms with E-state index in [-0.39, 0.29) is 0 Å². The molecule has 2 heterocycles. The maximum atomic E-state index is 4.28. The Bertz CT molecular complexity index is 1100. The summed E-state index contributed by atoms with van der Waals surface area (Å²) < 4.78 is 0. The number of nitrogens with zero attached hydrogens (tertiary/aromatic N) is 1. The van der Waals surface area contributed by atoms with Crippen molar-refractivity contribution >= 4 is 10.9 Å². The zero-order chi connectivity index (χ0) is 18.8. The predicted octanol–water partition coefficient (Wildman–Crippen LogP) is 5.95. The second kappa shape index (κ2) is 6.82. The number of nitrogens with one attached hydrogen (secondary N) is 1. The molecular formula is C26H20N2. The van der Waals surface area contributed by atoms with Crippen molar-refractivity contribution in [1.29, 1.82) is 0 Å². The maximum Gasteiger partial charge on any atom is 0.0723 e. The molecule has 0 aliphatic rings. The van der Waals surface area contributed by atoms with Crippen molar-refractivity contribution in [2.24, 2.45) is 0 Å². The van der Waals surface area contributed by atoms with E-state index in [1.54, 1.807) is 0 Å². The molecular weight excluding hydrogens is 340 g/mol. The van der Waals surface area contributed by atoms with Gasteiger partial charge in [-0.2, -0.15) is 0 Å². The van der Waals surface area contributed by atoms with Gasteiger partial charge in [0, 0.05) is 29.5 Å². The molecule has 0 aliphatic carbocycles. The van der Waals surface area contributed by atoms with E-state index in [9.17, 15) is 0 Å². The summed E-state index contributed by atoms with van der Waals surface area (Å²) >= 11 is 0. The number of aromatic nitrogens is 2. The first-order chi connectivity index (χ1) is 13.9. The number of benzene rings is 3. The largest absolute Gasteiger partial charge is 0.361 e. The second-order valence-electron chi connectivity index (χ2n) is 6.97. The molecule has 2 heteroatoms. The van der Waals surface area contributed by atoms with Crippen molar-refractivity contribution in [2.75, 3.05) is 0 Å². The van der Waals surface area contributed by atoms with Crippen LogP contribution in [-0.2, 0) is 5.41 Å². The first-order valence-corrected chi connectivity index (χ1v) is 9.49. The molecule has 1 N–H and O–H groups in total. The average Bonchev–Trinajstić information content (AvgIpc) is 3.21. The lowest BCUT2D eigenvalue weighted by Crippen LogP contribution is -2.30. The molecule has 5 aromatic rings. The van der Waals surface area contributed by atoms with Gasteiger partial charge in [-0.3, -0.25) is 4.98 Å². The number of aromatic amines is 1. The lowest BCUT2D eigenvalue weighted by Gasteiger charge is -2.36. The Morgan fingerprint density at radius 3 is 1.75 bits per heavy atom. The molecule has 0 atom stereocenters. The third-order valence-corrected chi connectivity index (χ3v) is 5.52. The van der Waals surface area contributed by atoms with Crippen molar-refractivity contribution in [3.05, 3.63) is 138 Å². The first kappa shape index (κ1) is 16.5. The van der Waals surface area contributed by atoms with Crippen LogP contribution in [0, 0.1) is 0 Å². The van der Waals surface area contributed by atoms with Crippen LogP contribution in [0.2, 0.25) is 0 Å². The number of H-pyrrole nitrogens is 1. The fourth-order valence-electron chi connectivity index (χ4n) is 4.33. The summed E-state index contributed by atoms with van der Waals surface area (Å²) in [6.45, 7) is 0. The number of pyridine rings is 1. The van der Waals surface area contributed by atoms with E-state index in [0.29, 0.717) is 0 Å². The number of hydrogen-bond acceptors (Lipinski definition) is 1. The minimum absolute atomic E-state index is 0.439. The van der Waals surface area contributed by atoms with Gasteiger partial charge in [0.2, 0.25) is 0 Å². The molecule has 2 nitrogen and oxygen atoms in total. The fraction of sp³-hybridized carbons (Fsp3) is 0.0385. The Hall–Kier alpha value is -3.65. The minimum Gasteiger partial charge on any atom is -0.361 e. The molecule has 0 bridgehead atoms. The average molecular weight is 360 g/mol. The van der Waals surface area contributed by atoms with E-state index in [4.69, 9.17) is 0 Å². The zero-order valence-corrected chi connectivity index (χ0v) is 15.4. The smallest absolute Gasteiger partial charge is 0.0723 e. The monoisotopic (exact) mass is 360 g/mol. The summed E-state index contributed by atoms with van der Waals surface area (Å²) in [5.74, 6) is 0. The second-order valence-corrected chi connectivity index (χ2v) is 6.97. The van der Waals surface area contributed by atoms with Gasteiger partial charge in [-0.25, -0.2) is 0 Å². The highest BCUT2D eigenvalue weighted by Crippen LogP contribution is 2.47. The number of fused-ring (bicyclic) bond motifs is 1. The van der Waals surface area contributed by atoms with Gasteiger partial charge in [0.25, 0.3) is 0 Å². The van der Waals surface area contributed by atoms with Gasteiger partial charge in [-0.15, -0.1) is 0 Å². The molecule has 2 aromatic heterocycles. The zero-order valence-electron chi connectivity index (χ0n) is 15.4. The standard InChI is InChI=1S/C26H20N2/c1-3-9-20(10-4-1)26(21-11-5-2-6-12-21,22-15-17-27-18-16-22)24-19-28-25-14-8-7-13-23(24)25/h1-19,28H. The van der Waals surface area contributed by atoms with Crippen molar-refractivity contribution in [3.8, 4) is 0 Å². The molecule has 3 aromatic carbocycles. The Morgan fingerprint density at radius 2 is 1.11 bits per heavy atom. The summed E-state index contributed by atoms with van der Waals surface area (Å²) in [7, 11) is 0. The van der Waals surface area contributed by atoms with Crippen LogP contribution in [0.25, 0.3) is 10.9 Å². The van der Waals surface area contributed by atoms with Crippen LogP contribution in [0.1, 0.15) is 22.3 Å². The van der Waals surface area contributed by atoms with Gasteiger partial charge in [0.1, 0.15) is 0 Å². The molecule has 0 radical (unpaired) electrons. The predicted molar refractivity (Wildman–Crippen MR) is 114 cm³/mol. The topological polar surface area (TPSA) is 28.7 Å².